The maximum atomic E-state index is 11.0. The Kier molecular flexibility index (Phi) is 4.07. The number of ether oxygens (including phenoxy) is 1. The highest BCUT2D eigenvalue weighted by Crippen LogP contribution is 2.11. The van der Waals surface area contributed by atoms with Crippen molar-refractivity contribution in [2.75, 3.05) is 26.3 Å². The fourth-order valence-electron chi connectivity index (χ4n) is 1.59. The highest BCUT2D eigenvalue weighted by Gasteiger charge is 2.28. The number of carbonyl (C=O) groups is 1. The fourth-order valence-corrected chi connectivity index (χ4v) is 1.59. The summed E-state index contributed by atoms with van der Waals surface area (Å²) in [6.07, 6.45) is 0.590. The van der Waals surface area contributed by atoms with Gasteiger partial charge in [0.15, 0.2) is 0 Å². The first-order valence-electron chi connectivity index (χ1n) is 5.34. The van der Waals surface area contributed by atoms with E-state index in [1.54, 1.807) is 6.92 Å². The molecule has 5 nitrogen and oxygen atoms in total. The van der Waals surface area contributed by atoms with Gasteiger partial charge in [0.05, 0.1) is 18.8 Å². The summed E-state index contributed by atoms with van der Waals surface area (Å²) in [5, 5.41) is 0. The highest BCUT2D eigenvalue weighted by atomic mass is 16.5. The molecule has 15 heavy (non-hydrogen) atoms. The van der Waals surface area contributed by atoms with Crippen molar-refractivity contribution in [2.24, 2.45) is 11.5 Å². The number of hydrogen-bond acceptors (Lipinski definition) is 4. The summed E-state index contributed by atoms with van der Waals surface area (Å²) in [7, 11) is 0. The first-order chi connectivity index (χ1) is 6.93. The molecule has 1 aliphatic rings. The van der Waals surface area contributed by atoms with Crippen LogP contribution in [-0.2, 0) is 9.53 Å². The van der Waals surface area contributed by atoms with Crippen LogP contribution in [0.4, 0.5) is 0 Å². The Morgan fingerprint density at radius 3 is 2.87 bits per heavy atom. The van der Waals surface area contributed by atoms with E-state index in [9.17, 15) is 4.79 Å². The molecule has 88 valence electrons. The Hall–Kier alpha value is -0.650. The second-order valence-electron chi connectivity index (χ2n) is 4.49. The van der Waals surface area contributed by atoms with Crippen LogP contribution in [0.15, 0.2) is 0 Å². The topological polar surface area (TPSA) is 81.6 Å². The summed E-state index contributed by atoms with van der Waals surface area (Å²) < 4.78 is 5.33. The van der Waals surface area contributed by atoms with Crippen LogP contribution in [-0.4, -0.2) is 48.7 Å². The molecule has 0 aliphatic carbocycles. The van der Waals surface area contributed by atoms with Gasteiger partial charge in [-0.1, -0.05) is 0 Å². The van der Waals surface area contributed by atoms with E-state index in [1.165, 1.54) is 0 Å². The summed E-state index contributed by atoms with van der Waals surface area (Å²) in [6, 6.07) is 0.391. The maximum absolute atomic E-state index is 11.0. The lowest BCUT2D eigenvalue weighted by Gasteiger charge is -2.35. The minimum Gasteiger partial charge on any atom is -0.379 e. The standard InChI is InChI=1S/C10H21N3O2/c1-8-7-15-6-5-13(8)4-3-10(2,12)9(11)14/h8H,3-7,12H2,1-2H3,(H2,11,14). The predicted octanol–water partition coefficient (Wildman–Crippen LogP) is -0.700. The molecule has 0 aromatic rings. The number of amides is 1. The van der Waals surface area contributed by atoms with Gasteiger partial charge in [-0.25, -0.2) is 0 Å². The number of rotatable bonds is 4. The monoisotopic (exact) mass is 215 g/mol. The minimum absolute atomic E-state index is 0.391. The van der Waals surface area contributed by atoms with Gasteiger partial charge < -0.3 is 16.2 Å². The van der Waals surface area contributed by atoms with E-state index < -0.39 is 11.4 Å². The number of primary amides is 1. The van der Waals surface area contributed by atoms with Gasteiger partial charge >= 0.3 is 0 Å². The molecular formula is C10H21N3O2. The third-order valence-electron chi connectivity index (χ3n) is 2.99. The summed E-state index contributed by atoms with van der Waals surface area (Å²) in [6.45, 7) is 6.98. The molecule has 1 heterocycles. The summed E-state index contributed by atoms with van der Waals surface area (Å²) in [4.78, 5) is 13.3. The molecule has 2 atom stereocenters. The van der Waals surface area contributed by atoms with E-state index in [0.717, 1.165) is 26.3 Å². The molecule has 1 saturated heterocycles. The smallest absolute Gasteiger partial charge is 0.237 e. The van der Waals surface area contributed by atoms with Gasteiger partial charge in [-0.05, 0) is 20.3 Å². The normalized spacial score (nSPS) is 27.3. The van der Waals surface area contributed by atoms with E-state index >= 15 is 0 Å². The van der Waals surface area contributed by atoms with Crippen molar-refractivity contribution in [2.45, 2.75) is 31.8 Å². The van der Waals surface area contributed by atoms with Crippen molar-refractivity contribution < 1.29 is 9.53 Å². The second kappa shape index (κ2) is 4.92. The Balaban J connectivity index is 2.38. The highest BCUT2D eigenvalue weighted by molar-refractivity contribution is 5.83. The van der Waals surface area contributed by atoms with Gasteiger partial charge in [0, 0.05) is 19.1 Å². The van der Waals surface area contributed by atoms with E-state index in [1.807, 2.05) is 0 Å². The van der Waals surface area contributed by atoms with E-state index in [2.05, 4.69) is 11.8 Å². The molecule has 0 aromatic heterocycles. The van der Waals surface area contributed by atoms with Crippen LogP contribution in [0.5, 0.6) is 0 Å². The van der Waals surface area contributed by atoms with Crippen LogP contribution in [0, 0.1) is 0 Å². The van der Waals surface area contributed by atoms with Crippen molar-refractivity contribution in [1.29, 1.82) is 0 Å². The first kappa shape index (κ1) is 12.4. The van der Waals surface area contributed by atoms with Crippen molar-refractivity contribution >= 4 is 5.91 Å². The molecule has 0 saturated carbocycles. The summed E-state index contributed by atoms with van der Waals surface area (Å²) in [5.74, 6) is -0.441. The van der Waals surface area contributed by atoms with Gasteiger partial charge in [0.1, 0.15) is 0 Å². The Bertz CT molecular complexity index is 231. The zero-order valence-corrected chi connectivity index (χ0v) is 9.53. The quantitative estimate of drug-likeness (QED) is 0.649. The third-order valence-corrected chi connectivity index (χ3v) is 2.99. The molecule has 2 unspecified atom stereocenters. The van der Waals surface area contributed by atoms with Gasteiger partial charge in [-0.2, -0.15) is 0 Å². The number of hydrogen-bond donors (Lipinski definition) is 2. The van der Waals surface area contributed by atoms with Crippen molar-refractivity contribution in [3.63, 3.8) is 0 Å². The van der Waals surface area contributed by atoms with Gasteiger partial charge in [-0.3, -0.25) is 9.69 Å². The molecule has 1 rings (SSSR count). The molecule has 1 aliphatic heterocycles. The van der Waals surface area contributed by atoms with Crippen LogP contribution in [0.3, 0.4) is 0 Å². The molecule has 0 radical (unpaired) electrons. The molecular weight excluding hydrogens is 194 g/mol. The molecule has 1 amide bonds. The lowest BCUT2D eigenvalue weighted by molar-refractivity contribution is -0.123. The largest absolute Gasteiger partial charge is 0.379 e. The van der Waals surface area contributed by atoms with Crippen molar-refractivity contribution in [3.05, 3.63) is 0 Å². The molecule has 5 heteroatoms. The number of nitrogens with zero attached hydrogens (tertiary/aromatic N) is 1. The van der Waals surface area contributed by atoms with Gasteiger partial charge in [0.25, 0.3) is 0 Å². The zero-order valence-electron chi connectivity index (χ0n) is 9.53. The second-order valence-corrected chi connectivity index (χ2v) is 4.49. The molecule has 1 fully saturated rings. The molecule has 0 aromatic carbocycles. The van der Waals surface area contributed by atoms with E-state index in [-0.39, 0.29) is 0 Å². The fraction of sp³-hybridized carbons (Fsp3) is 0.900. The molecule has 4 N–H and O–H groups in total. The Morgan fingerprint density at radius 1 is 1.67 bits per heavy atom. The minimum atomic E-state index is -0.905. The Morgan fingerprint density at radius 2 is 2.33 bits per heavy atom. The van der Waals surface area contributed by atoms with Gasteiger partial charge in [-0.15, -0.1) is 0 Å². The van der Waals surface area contributed by atoms with E-state index in [0.29, 0.717) is 12.5 Å². The van der Waals surface area contributed by atoms with Gasteiger partial charge in [0.2, 0.25) is 5.91 Å². The summed E-state index contributed by atoms with van der Waals surface area (Å²) in [5.41, 5.74) is 10.1. The lowest BCUT2D eigenvalue weighted by atomic mass is 9.98. The number of carbonyl (C=O) groups excluding carboxylic acids is 1. The summed E-state index contributed by atoms with van der Waals surface area (Å²) >= 11 is 0. The van der Waals surface area contributed by atoms with Crippen LogP contribution in [0.2, 0.25) is 0 Å². The maximum Gasteiger partial charge on any atom is 0.237 e. The average Bonchev–Trinajstić information content (AvgIpc) is 2.16. The zero-order chi connectivity index (χ0) is 11.5. The van der Waals surface area contributed by atoms with Crippen molar-refractivity contribution in [3.8, 4) is 0 Å². The third kappa shape index (κ3) is 3.44. The van der Waals surface area contributed by atoms with Crippen molar-refractivity contribution in [1.82, 2.24) is 4.90 Å². The molecule has 0 spiro atoms. The number of morpholine rings is 1. The molecule has 0 bridgehead atoms. The van der Waals surface area contributed by atoms with Crippen LogP contribution in [0.25, 0.3) is 0 Å². The lowest BCUT2D eigenvalue weighted by Crippen LogP contribution is -2.53. The Labute approximate surface area is 90.7 Å². The van der Waals surface area contributed by atoms with E-state index in [4.69, 9.17) is 16.2 Å². The van der Waals surface area contributed by atoms with Crippen LogP contribution >= 0.6 is 0 Å². The SMILES string of the molecule is CC1COCCN1CCC(C)(N)C(N)=O. The van der Waals surface area contributed by atoms with Crippen LogP contribution < -0.4 is 11.5 Å². The average molecular weight is 215 g/mol. The predicted molar refractivity (Wildman–Crippen MR) is 58.3 cm³/mol. The number of nitrogens with two attached hydrogens (primary N) is 2. The first-order valence-corrected chi connectivity index (χ1v) is 5.34. The van der Waals surface area contributed by atoms with Crippen LogP contribution in [0.1, 0.15) is 20.3 Å².